The van der Waals surface area contributed by atoms with Gasteiger partial charge in [-0.3, -0.25) is 10.1 Å². The average Bonchev–Trinajstić information content (AvgIpc) is 2.54. The molecule has 0 saturated carbocycles. The number of carbonyl (C=O) groups is 1. The summed E-state index contributed by atoms with van der Waals surface area (Å²) in [5.74, 6) is -0.445. The molecule has 0 bridgehead atoms. The van der Waals surface area contributed by atoms with E-state index in [1.807, 2.05) is 30.3 Å². The van der Waals surface area contributed by atoms with Crippen molar-refractivity contribution in [2.45, 2.75) is 6.92 Å². The minimum Gasteiger partial charge on any atom is -0.463 e. The second kappa shape index (κ2) is 7.17. The highest BCUT2D eigenvalue weighted by molar-refractivity contribution is 5.96. The fourth-order valence-corrected chi connectivity index (χ4v) is 2.02. The van der Waals surface area contributed by atoms with Gasteiger partial charge in [0, 0.05) is 18.2 Å². The summed E-state index contributed by atoms with van der Waals surface area (Å²) in [6, 6.07) is 15.4. The summed E-state index contributed by atoms with van der Waals surface area (Å²) >= 11 is 0. The van der Waals surface area contributed by atoms with Gasteiger partial charge in [0.2, 0.25) is 0 Å². The van der Waals surface area contributed by atoms with Gasteiger partial charge in [-0.15, -0.1) is 0 Å². The first-order valence-corrected chi connectivity index (χ1v) is 6.80. The molecule has 0 unspecified atom stereocenters. The zero-order valence-electron chi connectivity index (χ0n) is 12.1. The molecule has 2 aromatic carbocycles. The van der Waals surface area contributed by atoms with E-state index in [0.29, 0.717) is 11.1 Å². The number of esters is 1. The molecule has 112 valence electrons. The smallest absolute Gasteiger partial charge is 0.331 e. The molecule has 0 aliphatic carbocycles. The summed E-state index contributed by atoms with van der Waals surface area (Å²) in [6.45, 7) is 2.03. The summed E-state index contributed by atoms with van der Waals surface area (Å²) in [6.07, 6.45) is 1.40. The number of rotatable bonds is 5. The first-order valence-electron chi connectivity index (χ1n) is 6.80. The summed E-state index contributed by atoms with van der Waals surface area (Å²) in [5.41, 5.74) is 2.22. The van der Waals surface area contributed by atoms with E-state index >= 15 is 0 Å². The lowest BCUT2D eigenvalue weighted by Gasteiger charge is -2.08. The zero-order chi connectivity index (χ0) is 15.9. The van der Waals surface area contributed by atoms with Gasteiger partial charge in [0.05, 0.1) is 11.5 Å². The lowest BCUT2D eigenvalue weighted by molar-refractivity contribution is -0.384. The second-order valence-corrected chi connectivity index (χ2v) is 4.48. The van der Waals surface area contributed by atoms with E-state index in [-0.39, 0.29) is 12.3 Å². The maximum atomic E-state index is 11.8. The second-order valence-electron chi connectivity index (χ2n) is 4.48. The van der Waals surface area contributed by atoms with Crippen molar-refractivity contribution in [3.05, 3.63) is 81.9 Å². The first-order chi connectivity index (χ1) is 10.6. The van der Waals surface area contributed by atoms with E-state index in [9.17, 15) is 14.9 Å². The Morgan fingerprint density at radius 1 is 1.09 bits per heavy atom. The van der Waals surface area contributed by atoms with E-state index in [2.05, 4.69) is 0 Å². The third-order valence-corrected chi connectivity index (χ3v) is 3.02. The van der Waals surface area contributed by atoms with Crippen molar-refractivity contribution in [2.24, 2.45) is 0 Å². The normalized spacial score (nSPS) is 11.0. The third kappa shape index (κ3) is 3.79. The lowest BCUT2D eigenvalue weighted by atomic mass is 9.97. The molecule has 0 saturated heterocycles. The molecule has 0 spiro atoms. The summed E-state index contributed by atoms with van der Waals surface area (Å²) in [5, 5.41) is 10.7. The van der Waals surface area contributed by atoms with Crippen molar-refractivity contribution in [3.63, 3.8) is 0 Å². The van der Waals surface area contributed by atoms with E-state index < -0.39 is 10.9 Å². The monoisotopic (exact) mass is 297 g/mol. The SMILES string of the molecule is CCOC(=O)/C=C(/c1ccccc1)c1ccc([N+](=O)[O-])cc1. The van der Waals surface area contributed by atoms with Crippen LogP contribution in [0, 0.1) is 10.1 Å². The molecule has 5 nitrogen and oxygen atoms in total. The van der Waals surface area contributed by atoms with Crippen molar-refractivity contribution in [1.29, 1.82) is 0 Å². The molecule has 0 radical (unpaired) electrons. The molecule has 0 N–H and O–H groups in total. The molecule has 0 aliphatic heterocycles. The van der Waals surface area contributed by atoms with Crippen molar-refractivity contribution in [1.82, 2.24) is 0 Å². The summed E-state index contributed by atoms with van der Waals surface area (Å²) in [4.78, 5) is 22.0. The zero-order valence-corrected chi connectivity index (χ0v) is 12.1. The van der Waals surface area contributed by atoms with Crippen LogP contribution in [0.5, 0.6) is 0 Å². The quantitative estimate of drug-likeness (QED) is 0.366. The highest BCUT2D eigenvalue weighted by atomic mass is 16.6. The van der Waals surface area contributed by atoms with Crippen molar-refractivity contribution < 1.29 is 14.5 Å². The molecular formula is C17H15NO4. The van der Waals surface area contributed by atoms with Crippen molar-refractivity contribution in [2.75, 3.05) is 6.61 Å². The number of non-ortho nitro benzene ring substituents is 1. The van der Waals surface area contributed by atoms with Gasteiger partial charge in [0.25, 0.3) is 5.69 Å². The number of carbonyl (C=O) groups excluding carboxylic acids is 1. The van der Waals surface area contributed by atoms with Gasteiger partial charge < -0.3 is 4.74 Å². The number of ether oxygens (including phenoxy) is 1. The molecule has 2 rings (SSSR count). The van der Waals surface area contributed by atoms with Crippen LogP contribution in [-0.4, -0.2) is 17.5 Å². The maximum absolute atomic E-state index is 11.8. The predicted molar refractivity (Wildman–Crippen MR) is 83.3 cm³/mol. The van der Waals surface area contributed by atoms with Crippen LogP contribution in [0.3, 0.4) is 0 Å². The van der Waals surface area contributed by atoms with Gasteiger partial charge >= 0.3 is 5.97 Å². The molecule has 5 heteroatoms. The van der Waals surface area contributed by atoms with Gasteiger partial charge in [-0.25, -0.2) is 4.79 Å². The fourth-order valence-electron chi connectivity index (χ4n) is 2.02. The van der Waals surface area contributed by atoms with Crippen molar-refractivity contribution in [3.8, 4) is 0 Å². The Labute approximate surface area is 128 Å². The van der Waals surface area contributed by atoms with Gasteiger partial charge in [-0.2, -0.15) is 0 Å². The molecule has 0 fully saturated rings. The van der Waals surface area contributed by atoms with Gasteiger partial charge in [-0.05, 0) is 35.8 Å². The van der Waals surface area contributed by atoms with E-state index in [0.717, 1.165) is 5.56 Å². The number of benzene rings is 2. The first kappa shape index (κ1) is 15.4. The average molecular weight is 297 g/mol. The third-order valence-electron chi connectivity index (χ3n) is 3.02. The number of nitro groups is 1. The molecule has 22 heavy (non-hydrogen) atoms. The highest BCUT2D eigenvalue weighted by Gasteiger charge is 2.10. The Bertz CT molecular complexity index is 690. The molecule has 0 aliphatic rings. The van der Waals surface area contributed by atoms with E-state index in [1.165, 1.54) is 18.2 Å². The summed E-state index contributed by atoms with van der Waals surface area (Å²) < 4.78 is 4.95. The number of nitrogens with zero attached hydrogens (tertiary/aromatic N) is 1. The number of hydrogen-bond acceptors (Lipinski definition) is 4. The van der Waals surface area contributed by atoms with Gasteiger partial charge in [0.15, 0.2) is 0 Å². The minimum absolute atomic E-state index is 0.00676. The Hall–Kier alpha value is -2.95. The van der Waals surface area contributed by atoms with E-state index in [1.54, 1.807) is 19.1 Å². The molecule has 0 atom stereocenters. The van der Waals surface area contributed by atoms with Crippen LogP contribution in [0.15, 0.2) is 60.7 Å². The molecule has 0 heterocycles. The predicted octanol–water partition coefficient (Wildman–Crippen LogP) is 3.59. The Morgan fingerprint density at radius 3 is 2.23 bits per heavy atom. The van der Waals surface area contributed by atoms with Crippen LogP contribution in [-0.2, 0) is 9.53 Å². The minimum atomic E-state index is -0.457. The summed E-state index contributed by atoms with van der Waals surface area (Å²) in [7, 11) is 0. The van der Waals surface area contributed by atoms with Crippen LogP contribution in [0.4, 0.5) is 5.69 Å². The van der Waals surface area contributed by atoms with Crippen LogP contribution in [0.1, 0.15) is 18.1 Å². The number of nitro benzene ring substituents is 1. The Balaban J connectivity index is 2.44. The molecule has 0 aromatic heterocycles. The van der Waals surface area contributed by atoms with Crippen molar-refractivity contribution >= 4 is 17.2 Å². The maximum Gasteiger partial charge on any atom is 0.331 e. The number of hydrogen-bond donors (Lipinski definition) is 0. The Morgan fingerprint density at radius 2 is 1.68 bits per heavy atom. The van der Waals surface area contributed by atoms with E-state index in [4.69, 9.17) is 4.74 Å². The topological polar surface area (TPSA) is 69.4 Å². The fraction of sp³-hybridized carbons (Fsp3) is 0.118. The lowest BCUT2D eigenvalue weighted by Crippen LogP contribution is -2.02. The highest BCUT2D eigenvalue weighted by Crippen LogP contribution is 2.25. The largest absolute Gasteiger partial charge is 0.463 e. The van der Waals surface area contributed by atoms with Crippen LogP contribution < -0.4 is 0 Å². The Kier molecular flexibility index (Phi) is 5.03. The molecule has 0 amide bonds. The van der Waals surface area contributed by atoms with Crippen LogP contribution in [0.2, 0.25) is 0 Å². The van der Waals surface area contributed by atoms with Crippen LogP contribution >= 0.6 is 0 Å². The van der Waals surface area contributed by atoms with Gasteiger partial charge in [0.1, 0.15) is 0 Å². The molecular weight excluding hydrogens is 282 g/mol. The van der Waals surface area contributed by atoms with Crippen LogP contribution in [0.25, 0.3) is 5.57 Å². The van der Waals surface area contributed by atoms with Gasteiger partial charge in [-0.1, -0.05) is 30.3 Å². The molecule has 2 aromatic rings. The standard InChI is InChI=1S/C17H15NO4/c1-2-22-17(19)12-16(13-6-4-3-5-7-13)14-8-10-15(11-9-14)18(20)21/h3-12H,2H2,1H3/b16-12-.